The summed E-state index contributed by atoms with van der Waals surface area (Å²) >= 11 is 0. The van der Waals surface area contributed by atoms with Crippen LogP contribution in [-0.4, -0.2) is 54.2 Å². The number of rotatable bonds is 2. The van der Waals surface area contributed by atoms with Crippen molar-refractivity contribution in [1.29, 1.82) is 0 Å². The first kappa shape index (κ1) is 15.0. The first-order valence-electron chi connectivity index (χ1n) is 6.52. The van der Waals surface area contributed by atoms with Gasteiger partial charge in [-0.2, -0.15) is 0 Å². The summed E-state index contributed by atoms with van der Waals surface area (Å²) in [5.74, 6) is 4.34. The van der Waals surface area contributed by atoms with Gasteiger partial charge in [0.15, 0.2) is 0 Å². The van der Waals surface area contributed by atoms with E-state index in [2.05, 4.69) is 11.8 Å². The average Bonchev–Trinajstić information content (AvgIpc) is 2.52. The zero-order chi connectivity index (χ0) is 15.2. The van der Waals surface area contributed by atoms with Gasteiger partial charge in [0, 0.05) is 12.1 Å². The van der Waals surface area contributed by atoms with Crippen LogP contribution in [0, 0.1) is 11.8 Å². The number of morpholine rings is 1. The van der Waals surface area contributed by atoms with Crippen LogP contribution in [0.3, 0.4) is 0 Å². The lowest BCUT2D eigenvalue weighted by molar-refractivity contribution is -0.127. The van der Waals surface area contributed by atoms with Gasteiger partial charge in [-0.05, 0) is 12.1 Å². The SMILES string of the molecule is NC(=O)C1COCCN1C(=O)c1ccccc1C#CCO. The van der Waals surface area contributed by atoms with Gasteiger partial charge in [-0.1, -0.05) is 24.0 Å². The fourth-order valence-electron chi connectivity index (χ4n) is 2.15. The Morgan fingerprint density at radius 2 is 2.19 bits per heavy atom. The van der Waals surface area contributed by atoms with E-state index in [1.54, 1.807) is 24.3 Å². The van der Waals surface area contributed by atoms with E-state index in [0.717, 1.165) is 0 Å². The van der Waals surface area contributed by atoms with Gasteiger partial charge in [-0.3, -0.25) is 9.59 Å². The molecule has 21 heavy (non-hydrogen) atoms. The minimum Gasteiger partial charge on any atom is -0.384 e. The summed E-state index contributed by atoms with van der Waals surface area (Å²) in [5.41, 5.74) is 6.20. The van der Waals surface area contributed by atoms with E-state index >= 15 is 0 Å². The number of carbonyl (C=O) groups is 2. The summed E-state index contributed by atoms with van der Waals surface area (Å²) in [6, 6.07) is 6.03. The molecule has 1 saturated heterocycles. The van der Waals surface area contributed by atoms with Crippen molar-refractivity contribution in [3.05, 3.63) is 35.4 Å². The van der Waals surface area contributed by atoms with Crippen LogP contribution < -0.4 is 5.73 Å². The molecule has 2 amide bonds. The second kappa shape index (κ2) is 6.88. The van der Waals surface area contributed by atoms with Gasteiger partial charge in [0.05, 0.1) is 18.8 Å². The number of aliphatic hydroxyl groups excluding tert-OH is 1. The molecule has 0 aliphatic carbocycles. The number of hydrogen-bond donors (Lipinski definition) is 2. The number of primary amides is 1. The molecule has 0 aromatic heterocycles. The molecule has 1 heterocycles. The van der Waals surface area contributed by atoms with Gasteiger partial charge < -0.3 is 20.5 Å². The molecule has 1 aromatic rings. The molecule has 0 bridgehead atoms. The Labute approximate surface area is 122 Å². The zero-order valence-electron chi connectivity index (χ0n) is 11.4. The topological polar surface area (TPSA) is 92.9 Å². The third-order valence-corrected chi connectivity index (χ3v) is 3.18. The van der Waals surface area contributed by atoms with Crippen LogP contribution >= 0.6 is 0 Å². The molecule has 1 aliphatic heterocycles. The Bertz CT molecular complexity index is 603. The molecule has 0 spiro atoms. The standard InChI is InChI=1S/C15H16N2O4/c16-14(19)13-10-21-9-7-17(13)15(20)12-6-2-1-4-11(12)5-3-8-18/h1-2,4,6,13,18H,7-10H2,(H2,16,19). The highest BCUT2D eigenvalue weighted by molar-refractivity contribution is 5.99. The summed E-state index contributed by atoms with van der Waals surface area (Å²) in [6.45, 7) is 0.476. The maximum absolute atomic E-state index is 12.6. The van der Waals surface area contributed by atoms with Crippen molar-refractivity contribution < 1.29 is 19.4 Å². The Balaban J connectivity index is 2.32. The lowest BCUT2D eigenvalue weighted by Gasteiger charge is -2.33. The minimum absolute atomic E-state index is 0.103. The fourth-order valence-corrected chi connectivity index (χ4v) is 2.15. The predicted octanol–water partition coefficient (Wildman–Crippen LogP) is -0.643. The van der Waals surface area contributed by atoms with Crippen LogP contribution in [0.5, 0.6) is 0 Å². The highest BCUT2D eigenvalue weighted by Gasteiger charge is 2.32. The van der Waals surface area contributed by atoms with E-state index in [0.29, 0.717) is 24.3 Å². The molecular formula is C15H16N2O4. The molecule has 1 atom stereocenters. The molecule has 6 nitrogen and oxygen atoms in total. The van der Waals surface area contributed by atoms with Crippen molar-refractivity contribution >= 4 is 11.8 Å². The average molecular weight is 288 g/mol. The third-order valence-electron chi connectivity index (χ3n) is 3.18. The number of nitrogens with zero attached hydrogens (tertiary/aromatic N) is 1. The van der Waals surface area contributed by atoms with Crippen molar-refractivity contribution in [2.24, 2.45) is 5.73 Å². The van der Waals surface area contributed by atoms with E-state index in [1.807, 2.05) is 0 Å². The summed E-state index contributed by atoms with van der Waals surface area (Å²) in [7, 11) is 0. The second-order valence-corrected chi connectivity index (χ2v) is 4.50. The maximum atomic E-state index is 12.6. The largest absolute Gasteiger partial charge is 0.384 e. The molecule has 0 radical (unpaired) electrons. The normalized spacial score (nSPS) is 17.8. The number of nitrogens with two attached hydrogens (primary N) is 1. The number of amides is 2. The first-order chi connectivity index (χ1) is 10.1. The Morgan fingerprint density at radius 1 is 1.43 bits per heavy atom. The second-order valence-electron chi connectivity index (χ2n) is 4.50. The lowest BCUT2D eigenvalue weighted by Crippen LogP contribution is -2.54. The van der Waals surface area contributed by atoms with Crippen LogP contribution in [0.25, 0.3) is 0 Å². The smallest absolute Gasteiger partial charge is 0.255 e. The lowest BCUT2D eigenvalue weighted by atomic mass is 10.0. The molecule has 2 rings (SSSR count). The van der Waals surface area contributed by atoms with Crippen molar-refractivity contribution in [2.75, 3.05) is 26.4 Å². The monoisotopic (exact) mass is 288 g/mol. The third kappa shape index (κ3) is 3.40. The van der Waals surface area contributed by atoms with Crippen LogP contribution in [0.2, 0.25) is 0 Å². The van der Waals surface area contributed by atoms with Gasteiger partial charge in [0.2, 0.25) is 5.91 Å². The molecule has 1 fully saturated rings. The quantitative estimate of drug-likeness (QED) is 0.708. The van der Waals surface area contributed by atoms with E-state index in [-0.39, 0.29) is 19.1 Å². The highest BCUT2D eigenvalue weighted by Crippen LogP contribution is 2.15. The summed E-state index contributed by atoms with van der Waals surface area (Å²) < 4.78 is 5.20. The molecule has 3 N–H and O–H groups in total. The molecule has 1 unspecified atom stereocenters. The van der Waals surface area contributed by atoms with Gasteiger partial charge in [0.25, 0.3) is 5.91 Å². The molecule has 1 aliphatic rings. The van der Waals surface area contributed by atoms with E-state index in [4.69, 9.17) is 15.6 Å². The Hall–Kier alpha value is -2.36. The van der Waals surface area contributed by atoms with Crippen LogP contribution in [0.15, 0.2) is 24.3 Å². The van der Waals surface area contributed by atoms with Crippen molar-refractivity contribution in [2.45, 2.75) is 6.04 Å². The zero-order valence-corrected chi connectivity index (χ0v) is 11.4. The van der Waals surface area contributed by atoms with E-state index in [9.17, 15) is 9.59 Å². The number of benzene rings is 1. The Kier molecular flexibility index (Phi) is 4.93. The molecule has 110 valence electrons. The highest BCUT2D eigenvalue weighted by atomic mass is 16.5. The van der Waals surface area contributed by atoms with Gasteiger partial charge >= 0.3 is 0 Å². The minimum atomic E-state index is -0.773. The molecule has 0 saturated carbocycles. The van der Waals surface area contributed by atoms with Crippen molar-refractivity contribution in [1.82, 2.24) is 4.90 Å². The summed E-state index contributed by atoms with van der Waals surface area (Å²) in [6.07, 6.45) is 0. The molecular weight excluding hydrogens is 272 g/mol. The van der Waals surface area contributed by atoms with Gasteiger partial charge in [0.1, 0.15) is 12.6 Å². The van der Waals surface area contributed by atoms with Gasteiger partial charge in [-0.15, -0.1) is 0 Å². The maximum Gasteiger partial charge on any atom is 0.255 e. The number of hydrogen-bond acceptors (Lipinski definition) is 4. The van der Waals surface area contributed by atoms with Crippen LogP contribution in [-0.2, 0) is 9.53 Å². The Morgan fingerprint density at radius 3 is 2.90 bits per heavy atom. The molecule has 6 heteroatoms. The summed E-state index contributed by atoms with van der Waals surface area (Å²) in [5, 5.41) is 8.77. The van der Waals surface area contributed by atoms with Gasteiger partial charge in [-0.25, -0.2) is 0 Å². The van der Waals surface area contributed by atoms with E-state index in [1.165, 1.54) is 4.90 Å². The predicted molar refractivity (Wildman–Crippen MR) is 75.2 cm³/mol. The van der Waals surface area contributed by atoms with Crippen molar-refractivity contribution in [3.8, 4) is 11.8 Å². The number of aliphatic hydroxyl groups is 1. The molecule has 1 aromatic carbocycles. The van der Waals surface area contributed by atoms with Crippen LogP contribution in [0.1, 0.15) is 15.9 Å². The number of ether oxygens (including phenoxy) is 1. The first-order valence-corrected chi connectivity index (χ1v) is 6.52. The van der Waals surface area contributed by atoms with Crippen LogP contribution in [0.4, 0.5) is 0 Å². The van der Waals surface area contributed by atoms with Crippen molar-refractivity contribution in [3.63, 3.8) is 0 Å². The summed E-state index contributed by atoms with van der Waals surface area (Å²) in [4.78, 5) is 25.5. The fraction of sp³-hybridized carbons (Fsp3) is 0.333. The van der Waals surface area contributed by atoms with E-state index < -0.39 is 11.9 Å². The number of carbonyl (C=O) groups excluding carboxylic acids is 2.